The zero-order valence-corrected chi connectivity index (χ0v) is 11.9. The smallest absolute Gasteiger partial charge is 0.254 e. The molecule has 0 spiro atoms. The summed E-state index contributed by atoms with van der Waals surface area (Å²) in [4.78, 5) is 14.3. The number of hydrogen-bond acceptors (Lipinski definition) is 3. The van der Waals surface area contributed by atoms with Crippen molar-refractivity contribution in [3.63, 3.8) is 0 Å². The van der Waals surface area contributed by atoms with Crippen molar-refractivity contribution in [2.45, 2.75) is 32.2 Å². The van der Waals surface area contributed by atoms with Crippen LogP contribution in [0.25, 0.3) is 0 Å². The fourth-order valence-corrected chi connectivity index (χ4v) is 2.74. The van der Waals surface area contributed by atoms with Crippen LogP contribution in [-0.4, -0.2) is 22.5 Å². The lowest BCUT2D eigenvalue weighted by Gasteiger charge is -2.22. The highest BCUT2D eigenvalue weighted by Gasteiger charge is 2.33. The van der Waals surface area contributed by atoms with Crippen LogP contribution in [0.1, 0.15) is 47.6 Å². The van der Waals surface area contributed by atoms with Gasteiger partial charge in [0.15, 0.2) is 5.76 Å². The summed E-state index contributed by atoms with van der Waals surface area (Å²) in [5.74, 6) is 0.157. The van der Waals surface area contributed by atoms with Gasteiger partial charge in [-0.3, -0.25) is 4.79 Å². The summed E-state index contributed by atoms with van der Waals surface area (Å²) in [6, 6.07) is 7.60. The quantitative estimate of drug-likeness (QED) is 0.870. The van der Waals surface area contributed by atoms with Crippen molar-refractivity contribution in [1.29, 1.82) is 0 Å². The van der Waals surface area contributed by atoms with Gasteiger partial charge < -0.3 is 9.42 Å². The average Bonchev–Trinajstić information content (AvgIpc) is 3.14. The van der Waals surface area contributed by atoms with E-state index in [9.17, 15) is 9.18 Å². The molecular weight excluding hydrogens is 271 g/mol. The summed E-state index contributed by atoms with van der Waals surface area (Å²) in [6.45, 7) is 2.66. The predicted molar refractivity (Wildman–Crippen MR) is 75.3 cm³/mol. The van der Waals surface area contributed by atoms with Gasteiger partial charge in [-0.2, -0.15) is 0 Å². The minimum absolute atomic E-state index is 0.103. The maximum absolute atomic E-state index is 13.3. The summed E-state index contributed by atoms with van der Waals surface area (Å²) < 4.78 is 18.6. The van der Waals surface area contributed by atoms with E-state index in [2.05, 4.69) is 5.16 Å². The Morgan fingerprint density at radius 3 is 3.05 bits per heavy atom. The molecule has 1 atom stereocenters. The third-order valence-electron chi connectivity index (χ3n) is 3.85. The second-order valence-corrected chi connectivity index (χ2v) is 5.24. The molecule has 1 aliphatic heterocycles. The van der Waals surface area contributed by atoms with E-state index in [0.717, 1.165) is 25.0 Å². The van der Waals surface area contributed by atoms with E-state index in [4.69, 9.17) is 4.52 Å². The van der Waals surface area contributed by atoms with Gasteiger partial charge in [0.1, 0.15) is 5.82 Å². The largest absolute Gasteiger partial charge is 0.359 e. The number of hydrogen-bond donors (Lipinski definition) is 0. The van der Waals surface area contributed by atoms with E-state index in [1.54, 1.807) is 17.0 Å². The number of aromatic nitrogens is 1. The first-order valence-corrected chi connectivity index (χ1v) is 7.21. The van der Waals surface area contributed by atoms with Crippen LogP contribution in [-0.2, 0) is 6.42 Å². The van der Waals surface area contributed by atoms with Gasteiger partial charge >= 0.3 is 0 Å². The Bertz CT molecular complexity index is 653. The van der Waals surface area contributed by atoms with Crippen molar-refractivity contribution in [3.8, 4) is 0 Å². The first kappa shape index (κ1) is 13.8. The van der Waals surface area contributed by atoms with Gasteiger partial charge in [-0.25, -0.2) is 4.39 Å². The number of carbonyl (C=O) groups excluding carboxylic acids is 1. The van der Waals surface area contributed by atoms with Crippen molar-refractivity contribution in [2.24, 2.45) is 0 Å². The molecule has 2 heterocycles. The summed E-state index contributed by atoms with van der Waals surface area (Å²) in [7, 11) is 0. The molecule has 0 radical (unpaired) electrons. The number of benzene rings is 1. The van der Waals surface area contributed by atoms with E-state index >= 15 is 0 Å². The van der Waals surface area contributed by atoms with Crippen molar-refractivity contribution >= 4 is 5.91 Å². The number of nitrogens with zero attached hydrogens (tertiary/aromatic N) is 2. The van der Waals surface area contributed by atoms with Crippen LogP contribution in [0.4, 0.5) is 4.39 Å². The standard InChI is InChI=1S/C16H17FN2O2/c1-2-13-10-15(21-18-13)14-7-4-8-19(14)16(20)11-5-3-6-12(17)9-11/h3,5-6,9-10,14H,2,4,7-8H2,1H3/t14-/m1/s1. The Kier molecular flexibility index (Phi) is 3.73. The van der Waals surface area contributed by atoms with E-state index in [1.165, 1.54) is 12.1 Å². The number of rotatable bonds is 3. The molecule has 1 saturated heterocycles. The lowest BCUT2D eigenvalue weighted by molar-refractivity contribution is 0.0714. The fourth-order valence-electron chi connectivity index (χ4n) is 2.74. The minimum Gasteiger partial charge on any atom is -0.359 e. The van der Waals surface area contributed by atoms with Crippen molar-refractivity contribution in [1.82, 2.24) is 10.1 Å². The average molecular weight is 288 g/mol. The van der Waals surface area contributed by atoms with Crippen molar-refractivity contribution < 1.29 is 13.7 Å². The molecule has 1 fully saturated rings. The van der Waals surface area contributed by atoms with Crippen LogP contribution in [0, 0.1) is 5.82 Å². The van der Waals surface area contributed by atoms with E-state index < -0.39 is 5.82 Å². The Hall–Kier alpha value is -2.17. The zero-order valence-electron chi connectivity index (χ0n) is 11.9. The number of aryl methyl sites for hydroxylation is 1. The summed E-state index contributed by atoms with van der Waals surface area (Å²) >= 11 is 0. The molecule has 1 aromatic carbocycles. The third kappa shape index (κ3) is 2.68. The Morgan fingerprint density at radius 2 is 2.33 bits per heavy atom. The maximum atomic E-state index is 13.3. The van der Waals surface area contributed by atoms with E-state index in [1.807, 2.05) is 13.0 Å². The maximum Gasteiger partial charge on any atom is 0.254 e. The van der Waals surface area contributed by atoms with Gasteiger partial charge in [0.05, 0.1) is 11.7 Å². The molecule has 1 amide bonds. The van der Waals surface area contributed by atoms with Gasteiger partial charge in [0.2, 0.25) is 0 Å². The first-order chi connectivity index (χ1) is 10.2. The van der Waals surface area contributed by atoms with Gasteiger partial charge in [-0.1, -0.05) is 18.1 Å². The predicted octanol–water partition coefficient (Wildman–Crippen LogP) is 3.35. The molecule has 0 N–H and O–H groups in total. The molecular formula is C16H17FN2O2. The summed E-state index contributed by atoms with van der Waals surface area (Å²) in [5.41, 5.74) is 1.26. The Labute approximate surface area is 122 Å². The van der Waals surface area contributed by atoms with Crippen LogP contribution in [0.5, 0.6) is 0 Å². The van der Waals surface area contributed by atoms with Crippen LogP contribution in [0.2, 0.25) is 0 Å². The monoisotopic (exact) mass is 288 g/mol. The second-order valence-electron chi connectivity index (χ2n) is 5.24. The highest BCUT2D eigenvalue weighted by molar-refractivity contribution is 5.94. The topological polar surface area (TPSA) is 46.3 Å². The van der Waals surface area contributed by atoms with Crippen molar-refractivity contribution in [2.75, 3.05) is 6.54 Å². The highest BCUT2D eigenvalue weighted by Crippen LogP contribution is 2.33. The Morgan fingerprint density at radius 1 is 1.48 bits per heavy atom. The van der Waals surface area contributed by atoms with E-state index in [0.29, 0.717) is 17.9 Å². The first-order valence-electron chi connectivity index (χ1n) is 7.21. The molecule has 3 rings (SSSR count). The number of amides is 1. The number of halogens is 1. The molecule has 110 valence electrons. The van der Waals surface area contributed by atoms with Gasteiger partial charge in [0.25, 0.3) is 5.91 Å². The molecule has 0 unspecified atom stereocenters. The molecule has 0 saturated carbocycles. The minimum atomic E-state index is -0.399. The van der Waals surface area contributed by atoms with Crippen LogP contribution in [0.3, 0.4) is 0 Å². The lowest BCUT2D eigenvalue weighted by atomic mass is 10.1. The lowest BCUT2D eigenvalue weighted by Crippen LogP contribution is -2.30. The molecule has 1 aromatic heterocycles. The molecule has 5 heteroatoms. The zero-order chi connectivity index (χ0) is 14.8. The fraction of sp³-hybridized carbons (Fsp3) is 0.375. The molecule has 21 heavy (non-hydrogen) atoms. The Balaban J connectivity index is 1.85. The van der Waals surface area contributed by atoms with Gasteiger partial charge in [0, 0.05) is 18.2 Å². The SMILES string of the molecule is CCc1cc([C@H]2CCCN2C(=O)c2cccc(F)c2)on1. The molecule has 0 aliphatic carbocycles. The second kappa shape index (κ2) is 5.68. The number of carbonyl (C=O) groups is 1. The van der Waals surface area contributed by atoms with Crippen LogP contribution >= 0.6 is 0 Å². The van der Waals surface area contributed by atoms with Gasteiger partial charge in [-0.05, 0) is 37.5 Å². The van der Waals surface area contributed by atoms with Crippen molar-refractivity contribution in [3.05, 3.63) is 53.2 Å². The normalized spacial score (nSPS) is 18.2. The van der Waals surface area contributed by atoms with E-state index in [-0.39, 0.29) is 11.9 Å². The number of likely N-dealkylation sites (tertiary alicyclic amines) is 1. The molecule has 4 nitrogen and oxygen atoms in total. The summed E-state index contributed by atoms with van der Waals surface area (Å²) in [6.07, 6.45) is 2.56. The molecule has 2 aromatic rings. The third-order valence-corrected chi connectivity index (χ3v) is 3.85. The molecule has 1 aliphatic rings. The van der Waals surface area contributed by atoms with Gasteiger partial charge in [-0.15, -0.1) is 0 Å². The molecule has 0 bridgehead atoms. The summed E-state index contributed by atoms with van der Waals surface area (Å²) in [5, 5.41) is 3.99. The van der Waals surface area contributed by atoms with Crippen LogP contribution in [0.15, 0.2) is 34.9 Å². The highest BCUT2D eigenvalue weighted by atomic mass is 19.1. The van der Waals surface area contributed by atoms with Crippen LogP contribution < -0.4 is 0 Å².